The molecule has 2 rings (SSSR count). The van der Waals surface area contributed by atoms with E-state index in [0.29, 0.717) is 0 Å². The Balaban J connectivity index is 2.28. The standard InChI is InChI=1S/C16H20ClNO/c1-9-5-6-13(14(17)7-9)8-15(18)16-10(2)11(3)19-12(16)4/h5-7,15H,8,18H2,1-4H3. The Morgan fingerprint density at radius 3 is 2.37 bits per heavy atom. The second kappa shape index (κ2) is 5.40. The molecule has 0 saturated heterocycles. The summed E-state index contributed by atoms with van der Waals surface area (Å²) in [6.07, 6.45) is 0.722. The van der Waals surface area contributed by atoms with Crippen molar-refractivity contribution in [2.45, 2.75) is 40.2 Å². The Labute approximate surface area is 119 Å². The lowest BCUT2D eigenvalue weighted by Gasteiger charge is -2.14. The van der Waals surface area contributed by atoms with Gasteiger partial charge in [0.1, 0.15) is 11.5 Å². The Morgan fingerprint density at radius 2 is 1.84 bits per heavy atom. The summed E-state index contributed by atoms with van der Waals surface area (Å²) in [6, 6.07) is 6.01. The smallest absolute Gasteiger partial charge is 0.106 e. The van der Waals surface area contributed by atoms with E-state index in [1.165, 1.54) is 0 Å². The number of furan rings is 1. The molecule has 1 aromatic heterocycles. The Kier molecular flexibility index (Phi) is 4.02. The summed E-state index contributed by atoms with van der Waals surface area (Å²) >= 11 is 6.27. The maximum atomic E-state index is 6.33. The van der Waals surface area contributed by atoms with Crippen LogP contribution in [0, 0.1) is 27.7 Å². The van der Waals surface area contributed by atoms with Crippen LogP contribution in [0.5, 0.6) is 0 Å². The van der Waals surface area contributed by atoms with Gasteiger partial charge in [-0.2, -0.15) is 0 Å². The highest BCUT2D eigenvalue weighted by Crippen LogP contribution is 2.29. The molecular weight excluding hydrogens is 258 g/mol. The van der Waals surface area contributed by atoms with E-state index in [9.17, 15) is 0 Å². The summed E-state index contributed by atoms with van der Waals surface area (Å²) in [4.78, 5) is 0. The normalized spacial score (nSPS) is 12.7. The lowest BCUT2D eigenvalue weighted by molar-refractivity contribution is 0.496. The van der Waals surface area contributed by atoms with Crippen LogP contribution in [0.1, 0.15) is 39.8 Å². The summed E-state index contributed by atoms with van der Waals surface area (Å²) in [5.74, 6) is 1.85. The largest absolute Gasteiger partial charge is 0.466 e. The zero-order chi connectivity index (χ0) is 14.2. The lowest BCUT2D eigenvalue weighted by Crippen LogP contribution is -2.15. The molecule has 2 aromatic rings. The van der Waals surface area contributed by atoms with Gasteiger partial charge in [-0.05, 0) is 56.9 Å². The minimum Gasteiger partial charge on any atom is -0.466 e. The van der Waals surface area contributed by atoms with Gasteiger partial charge in [0, 0.05) is 16.6 Å². The summed E-state index contributed by atoms with van der Waals surface area (Å²) < 4.78 is 5.64. The van der Waals surface area contributed by atoms with Crippen molar-refractivity contribution in [1.82, 2.24) is 0 Å². The average Bonchev–Trinajstić information content (AvgIpc) is 2.57. The van der Waals surface area contributed by atoms with Crippen LogP contribution in [0.3, 0.4) is 0 Å². The van der Waals surface area contributed by atoms with Crippen LogP contribution < -0.4 is 5.73 Å². The van der Waals surface area contributed by atoms with Crippen LogP contribution in [0.25, 0.3) is 0 Å². The molecule has 1 atom stereocenters. The second-order valence-corrected chi connectivity index (χ2v) is 5.57. The molecule has 2 nitrogen and oxygen atoms in total. The summed E-state index contributed by atoms with van der Waals surface area (Å²) in [5.41, 5.74) is 10.8. The van der Waals surface area contributed by atoms with Crippen molar-refractivity contribution in [3.63, 3.8) is 0 Å². The predicted octanol–water partition coefficient (Wildman–Crippen LogP) is 4.41. The van der Waals surface area contributed by atoms with Crippen LogP contribution >= 0.6 is 11.6 Å². The molecule has 0 amide bonds. The molecule has 1 aromatic carbocycles. The molecule has 0 aliphatic carbocycles. The van der Waals surface area contributed by atoms with Gasteiger partial charge in [0.15, 0.2) is 0 Å². The molecule has 3 heteroatoms. The second-order valence-electron chi connectivity index (χ2n) is 5.16. The third-order valence-electron chi connectivity index (χ3n) is 3.64. The van der Waals surface area contributed by atoms with Gasteiger partial charge in [-0.1, -0.05) is 23.7 Å². The van der Waals surface area contributed by atoms with E-state index in [1.54, 1.807) is 0 Å². The first-order valence-electron chi connectivity index (χ1n) is 6.47. The van der Waals surface area contributed by atoms with Crippen molar-refractivity contribution in [2.75, 3.05) is 0 Å². The molecule has 0 aliphatic rings. The number of benzene rings is 1. The zero-order valence-corrected chi connectivity index (χ0v) is 12.6. The van der Waals surface area contributed by atoms with Crippen molar-refractivity contribution < 1.29 is 4.42 Å². The molecule has 0 fully saturated rings. The van der Waals surface area contributed by atoms with Gasteiger partial charge in [-0.3, -0.25) is 0 Å². The van der Waals surface area contributed by atoms with Gasteiger partial charge < -0.3 is 10.2 Å². The van der Waals surface area contributed by atoms with Crippen molar-refractivity contribution in [2.24, 2.45) is 5.73 Å². The van der Waals surface area contributed by atoms with Gasteiger partial charge in [0.25, 0.3) is 0 Å². The highest BCUT2D eigenvalue weighted by atomic mass is 35.5. The van der Waals surface area contributed by atoms with E-state index in [0.717, 1.165) is 45.2 Å². The monoisotopic (exact) mass is 277 g/mol. The fraction of sp³-hybridized carbons (Fsp3) is 0.375. The van der Waals surface area contributed by atoms with Crippen LogP contribution in [-0.2, 0) is 6.42 Å². The number of halogens is 1. The first kappa shape index (κ1) is 14.2. The van der Waals surface area contributed by atoms with Crippen molar-refractivity contribution in [3.8, 4) is 0 Å². The number of nitrogens with two attached hydrogens (primary N) is 1. The van der Waals surface area contributed by atoms with Crippen LogP contribution in [0.2, 0.25) is 5.02 Å². The van der Waals surface area contributed by atoms with Gasteiger partial charge >= 0.3 is 0 Å². The fourth-order valence-corrected chi connectivity index (χ4v) is 2.82. The topological polar surface area (TPSA) is 39.2 Å². The zero-order valence-electron chi connectivity index (χ0n) is 11.9. The van der Waals surface area contributed by atoms with Gasteiger partial charge in [0.05, 0.1) is 0 Å². The first-order chi connectivity index (χ1) is 8.90. The van der Waals surface area contributed by atoms with Crippen LogP contribution in [-0.4, -0.2) is 0 Å². The first-order valence-corrected chi connectivity index (χ1v) is 6.85. The van der Waals surface area contributed by atoms with Crippen LogP contribution in [0.15, 0.2) is 22.6 Å². The Morgan fingerprint density at radius 1 is 1.16 bits per heavy atom. The number of hydrogen-bond acceptors (Lipinski definition) is 2. The molecule has 2 N–H and O–H groups in total. The number of hydrogen-bond donors (Lipinski definition) is 1. The van der Waals surface area contributed by atoms with E-state index in [1.807, 2.05) is 26.8 Å². The lowest BCUT2D eigenvalue weighted by atomic mass is 9.96. The van der Waals surface area contributed by atoms with Crippen molar-refractivity contribution in [1.29, 1.82) is 0 Å². The number of aryl methyl sites for hydroxylation is 3. The third-order valence-corrected chi connectivity index (χ3v) is 3.99. The molecule has 102 valence electrons. The maximum absolute atomic E-state index is 6.33. The number of rotatable bonds is 3. The summed E-state index contributed by atoms with van der Waals surface area (Å²) in [7, 11) is 0. The molecule has 0 spiro atoms. The van der Waals surface area contributed by atoms with Crippen molar-refractivity contribution in [3.05, 3.63) is 57.0 Å². The minimum atomic E-state index is -0.0855. The fourth-order valence-electron chi connectivity index (χ4n) is 2.51. The molecule has 0 saturated carbocycles. The molecule has 0 bridgehead atoms. The molecule has 19 heavy (non-hydrogen) atoms. The van der Waals surface area contributed by atoms with Gasteiger partial charge in [0.2, 0.25) is 0 Å². The minimum absolute atomic E-state index is 0.0855. The average molecular weight is 278 g/mol. The molecular formula is C16H20ClNO. The highest BCUT2D eigenvalue weighted by Gasteiger charge is 2.19. The van der Waals surface area contributed by atoms with E-state index in [4.69, 9.17) is 21.8 Å². The molecule has 0 aliphatic heterocycles. The highest BCUT2D eigenvalue weighted by molar-refractivity contribution is 6.31. The van der Waals surface area contributed by atoms with Gasteiger partial charge in [-0.15, -0.1) is 0 Å². The third kappa shape index (κ3) is 2.85. The summed E-state index contributed by atoms with van der Waals surface area (Å²) in [5, 5.41) is 0.783. The molecule has 1 heterocycles. The van der Waals surface area contributed by atoms with Crippen molar-refractivity contribution >= 4 is 11.6 Å². The van der Waals surface area contributed by atoms with E-state index in [-0.39, 0.29) is 6.04 Å². The molecule has 0 radical (unpaired) electrons. The SMILES string of the molecule is Cc1ccc(CC(N)c2c(C)oc(C)c2C)c(Cl)c1. The van der Waals surface area contributed by atoms with Crippen LogP contribution in [0.4, 0.5) is 0 Å². The van der Waals surface area contributed by atoms with E-state index < -0.39 is 0 Å². The van der Waals surface area contributed by atoms with E-state index in [2.05, 4.69) is 19.1 Å². The quantitative estimate of drug-likeness (QED) is 0.903. The maximum Gasteiger partial charge on any atom is 0.106 e. The van der Waals surface area contributed by atoms with Gasteiger partial charge in [-0.25, -0.2) is 0 Å². The Bertz CT molecular complexity index is 601. The predicted molar refractivity (Wildman–Crippen MR) is 79.7 cm³/mol. The summed E-state index contributed by atoms with van der Waals surface area (Å²) in [6.45, 7) is 8.02. The van der Waals surface area contributed by atoms with E-state index >= 15 is 0 Å². The Hall–Kier alpha value is -1.25. The molecule has 1 unspecified atom stereocenters.